The molecule has 1 heterocycles. The molecule has 96 valence electrons. The monoisotopic (exact) mass is 277 g/mol. The van der Waals surface area contributed by atoms with Gasteiger partial charge >= 0.3 is 0 Å². The van der Waals surface area contributed by atoms with Crippen LogP contribution in [0.2, 0.25) is 0 Å². The first-order chi connectivity index (χ1) is 8.01. The van der Waals surface area contributed by atoms with Crippen LogP contribution in [0.4, 0.5) is 0 Å². The molecule has 0 unspecified atom stereocenters. The molecule has 4 nitrogen and oxygen atoms in total. The second-order valence-corrected chi connectivity index (χ2v) is 5.76. The number of halogens is 1. The summed E-state index contributed by atoms with van der Waals surface area (Å²) in [5.74, 6) is 0.315. The maximum Gasteiger partial charge on any atom is 0.171 e. The minimum absolute atomic E-state index is 0.314. The van der Waals surface area contributed by atoms with E-state index in [9.17, 15) is 13.0 Å². The van der Waals surface area contributed by atoms with Crippen LogP contribution in [0.1, 0.15) is 18.4 Å². The summed E-state index contributed by atoms with van der Waals surface area (Å²) < 4.78 is 33.2. The predicted molar refractivity (Wildman–Crippen MR) is 64.9 cm³/mol. The molecule has 0 atom stereocenters. The van der Waals surface area contributed by atoms with Gasteiger partial charge in [0, 0.05) is 29.7 Å². The second kappa shape index (κ2) is 6.93. The third kappa shape index (κ3) is 6.61. The molecule has 0 saturated heterocycles. The SMILES string of the molecule is O=S(=O)([O-])CCC[n+]1cccc(CCCCl)c1. The lowest BCUT2D eigenvalue weighted by molar-refractivity contribution is -0.697. The van der Waals surface area contributed by atoms with Crippen LogP contribution in [0.15, 0.2) is 24.5 Å². The van der Waals surface area contributed by atoms with E-state index in [1.165, 1.54) is 0 Å². The highest BCUT2D eigenvalue weighted by Crippen LogP contribution is 2.00. The Hall–Kier alpha value is -0.650. The molecule has 0 aliphatic heterocycles. The maximum absolute atomic E-state index is 10.5. The summed E-state index contributed by atoms with van der Waals surface area (Å²) in [5.41, 5.74) is 1.16. The number of aryl methyl sites for hydroxylation is 2. The number of aromatic nitrogens is 1. The van der Waals surface area contributed by atoms with E-state index in [0.717, 1.165) is 18.4 Å². The summed E-state index contributed by atoms with van der Waals surface area (Å²) in [7, 11) is -4.10. The number of pyridine rings is 1. The summed E-state index contributed by atoms with van der Waals surface area (Å²) in [5, 5.41) is 0. The van der Waals surface area contributed by atoms with Crippen molar-refractivity contribution in [3.8, 4) is 0 Å². The van der Waals surface area contributed by atoms with E-state index in [4.69, 9.17) is 11.6 Å². The molecule has 0 N–H and O–H groups in total. The highest BCUT2D eigenvalue weighted by Gasteiger charge is 2.04. The first-order valence-corrected chi connectivity index (χ1v) is 7.60. The molecule has 0 aliphatic carbocycles. The average Bonchev–Trinajstić information content (AvgIpc) is 2.25. The first-order valence-electron chi connectivity index (χ1n) is 5.49. The largest absolute Gasteiger partial charge is 0.748 e. The van der Waals surface area contributed by atoms with E-state index in [1.807, 2.05) is 29.1 Å². The molecule has 1 rings (SSSR count). The Kier molecular flexibility index (Phi) is 5.88. The van der Waals surface area contributed by atoms with E-state index < -0.39 is 10.1 Å². The van der Waals surface area contributed by atoms with Gasteiger partial charge in [-0.1, -0.05) is 0 Å². The molecule has 0 radical (unpaired) electrons. The van der Waals surface area contributed by atoms with Crippen LogP contribution in [-0.2, 0) is 23.1 Å². The Bertz CT molecular complexity index is 448. The van der Waals surface area contributed by atoms with Gasteiger partial charge in [0.1, 0.15) is 6.54 Å². The third-order valence-corrected chi connectivity index (χ3v) is 3.39. The molecule has 0 fully saturated rings. The zero-order valence-electron chi connectivity index (χ0n) is 9.51. The number of hydrogen-bond donors (Lipinski definition) is 0. The summed E-state index contributed by atoms with van der Waals surface area (Å²) in [6.45, 7) is 0.538. The van der Waals surface area contributed by atoms with Crippen LogP contribution in [0.25, 0.3) is 0 Å². The fourth-order valence-electron chi connectivity index (χ4n) is 1.56. The topological polar surface area (TPSA) is 61.1 Å². The average molecular weight is 278 g/mol. The van der Waals surface area contributed by atoms with Crippen molar-refractivity contribution >= 4 is 21.7 Å². The van der Waals surface area contributed by atoms with Gasteiger partial charge in [-0.05, 0) is 18.9 Å². The summed E-state index contributed by atoms with van der Waals surface area (Å²) in [6, 6.07) is 3.92. The molecule has 1 aromatic heterocycles. The summed E-state index contributed by atoms with van der Waals surface area (Å²) in [6.07, 6.45) is 5.99. The van der Waals surface area contributed by atoms with E-state index >= 15 is 0 Å². The van der Waals surface area contributed by atoms with Gasteiger partial charge in [-0.3, -0.25) is 0 Å². The Balaban J connectivity index is 2.48. The van der Waals surface area contributed by atoms with Crippen LogP contribution < -0.4 is 4.57 Å². The molecule has 6 heteroatoms. The van der Waals surface area contributed by atoms with Crippen molar-refractivity contribution in [1.82, 2.24) is 0 Å². The van der Waals surface area contributed by atoms with Crippen molar-refractivity contribution in [2.45, 2.75) is 25.8 Å². The predicted octanol–water partition coefficient (Wildman–Crippen LogP) is 1.08. The fourth-order valence-corrected chi connectivity index (χ4v) is 2.17. The highest BCUT2D eigenvalue weighted by molar-refractivity contribution is 7.85. The normalized spacial score (nSPS) is 11.6. The van der Waals surface area contributed by atoms with Gasteiger partial charge in [-0.2, -0.15) is 0 Å². The molecule has 1 aromatic rings. The number of rotatable bonds is 7. The van der Waals surface area contributed by atoms with E-state index in [-0.39, 0.29) is 5.75 Å². The van der Waals surface area contributed by atoms with E-state index in [0.29, 0.717) is 18.8 Å². The van der Waals surface area contributed by atoms with Crippen LogP contribution in [0.3, 0.4) is 0 Å². The smallest absolute Gasteiger partial charge is 0.171 e. The molecule has 0 saturated carbocycles. The van der Waals surface area contributed by atoms with Gasteiger partial charge in [0.15, 0.2) is 12.4 Å². The van der Waals surface area contributed by atoms with Crippen molar-refractivity contribution < 1.29 is 17.5 Å². The van der Waals surface area contributed by atoms with Gasteiger partial charge in [0.2, 0.25) is 0 Å². The van der Waals surface area contributed by atoms with Gasteiger partial charge < -0.3 is 4.55 Å². The Morgan fingerprint density at radius 3 is 2.76 bits per heavy atom. The molecule has 0 bridgehead atoms. The van der Waals surface area contributed by atoms with E-state index in [2.05, 4.69) is 0 Å². The third-order valence-electron chi connectivity index (χ3n) is 2.33. The lowest BCUT2D eigenvalue weighted by Gasteiger charge is -2.04. The maximum atomic E-state index is 10.5. The van der Waals surface area contributed by atoms with Crippen LogP contribution in [0.5, 0.6) is 0 Å². The minimum atomic E-state index is -4.10. The van der Waals surface area contributed by atoms with Gasteiger partial charge in [-0.15, -0.1) is 11.6 Å². The van der Waals surface area contributed by atoms with Crippen molar-refractivity contribution in [1.29, 1.82) is 0 Å². The van der Waals surface area contributed by atoms with Gasteiger partial charge in [-0.25, -0.2) is 13.0 Å². The fraction of sp³-hybridized carbons (Fsp3) is 0.545. The van der Waals surface area contributed by atoms with Gasteiger partial charge in [0.05, 0.1) is 10.1 Å². The quantitative estimate of drug-likeness (QED) is 0.426. The summed E-state index contributed by atoms with van der Waals surface area (Å²) in [4.78, 5) is 0. The Labute approximate surface area is 107 Å². The van der Waals surface area contributed by atoms with Crippen molar-refractivity contribution in [3.63, 3.8) is 0 Å². The van der Waals surface area contributed by atoms with Crippen molar-refractivity contribution in [2.24, 2.45) is 0 Å². The molecule has 0 aromatic carbocycles. The van der Waals surface area contributed by atoms with Crippen LogP contribution >= 0.6 is 11.6 Å². The molecule has 17 heavy (non-hydrogen) atoms. The molecule has 0 aliphatic rings. The lowest BCUT2D eigenvalue weighted by atomic mass is 10.2. The number of hydrogen-bond acceptors (Lipinski definition) is 3. The van der Waals surface area contributed by atoms with E-state index in [1.54, 1.807) is 0 Å². The highest BCUT2D eigenvalue weighted by atomic mass is 35.5. The Morgan fingerprint density at radius 1 is 1.35 bits per heavy atom. The minimum Gasteiger partial charge on any atom is -0.748 e. The van der Waals surface area contributed by atoms with Crippen molar-refractivity contribution in [3.05, 3.63) is 30.1 Å². The second-order valence-electron chi connectivity index (χ2n) is 3.86. The molecular formula is C11H16ClNO3S. The standard InChI is InChI=1S/C11H16ClNO3S/c12-6-1-4-11-5-2-7-13(10-11)8-3-9-17(14,15)16/h2,5,7,10H,1,3-4,6,8-9H2. The lowest BCUT2D eigenvalue weighted by Crippen LogP contribution is -2.34. The number of alkyl halides is 1. The zero-order chi connectivity index (χ0) is 12.7. The zero-order valence-corrected chi connectivity index (χ0v) is 11.1. The first kappa shape index (κ1) is 14.4. The van der Waals surface area contributed by atoms with Crippen LogP contribution in [-0.4, -0.2) is 24.6 Å². The van der Waals surface area contributed by atoms with Gasteiger partial charge in [0.25, 0.3) is 0 Å². The molecule has 0 spiro atoms. The summed E-state index contributed by atoms with van der Waals surface area (Å²) >= 11 is 5.62. The number of nitrogens with zero attached hydrogens (tertiary/aromatic N) is 1. The Morgan fingerprint density at radius 2 is 2.12 bits per heavy atom. The molecular weight excluding hydrogens is 262 g/mol. The molecule has 0 amide bonds. The van der Waals surface area contributed by atoms with Crippen molar-refractivity contribution in [2.75, 3.05) is 11.6 Å². The van der Waals surface area contributed by atoms with Crippen LogP contribution in [0, 0.1) is 0 Å².